The zero-order valence-electron chi connectivity index (χ0n) is 41.4. The largest absolute Gasteiger partial charge is 0.462 e. The summed E-state index contributed by atoms with van der Waals surface area (Å²) in [7, 11) is 0. The molecule has 6 nitrogen and oxygen atoms in total. The summed E-state index contributed by atoms with van der Waals surface area (Å²) in [4.78, 5) is 38.0. The van der Waals surface area contributed by atoms with Crippen LogP contribution in [0.2, 0.25) is 0 Å². The number of esters is 3. The first-order chi connectivity index (χ1) is 32.0. The van der Waals surface area contributed by atoms with E-state index < -0.39 is 6.10 Å². The Morgan fingerprint density at radius 2 is 0.615 bits per heavy atom. The van der Waals surface area contributed by atoms with Gasteiger partial charge in [0.1, 0.15) is 13.2 Å². The number of carbonyl (C=O) groups is 3. The smallest absolute Gasteiger partial charge is 0.306 e. The molecule has 0 amide bonds. The van der Waals surface area contributed by atoms with Gasteiger partial charge in [-0.05, 0) is 122 Å². The van der Waals surface area contributed by atoms with Gasteiger partial charge >= 0.3 is 17.9 Å². The summed E-state index contributed by atoms with van der Waals surface area (Å²) in [6.45, 7) is 6.26. The van der Waals surface area contributed by atoms with E-state index in [-0.39, 0.29) is 44.0 Å². The molecule has 0 rings (SSSR count). The van der Waals surface area contributed by atoms with Gasteiger partial charge in [0, 0.05) is 19.3 Å². The van der Waals surface area contributed by atoms with E-state index in [0.29, 0.717) is 19.3 Å². The molecule has 0 aliphatic rings. The predicted molar refractivity (Wildman–Crippen MR) is 279 cm³/mol. The summed E-state index contributed by atoms with van der Waals surface area (Å²) in [6, 6.07) is 0. The van der Waals surface area contributed by atoms with Crippen molar-refractivity contribution in [1.29, 1.82) is 0 Å². The van der Waals surface area contributed by atoms with Crippen LogP contribution in [0.1, 0.15) is 201 Å². The van der Waals surface area contributed by atoms with Crippen LogP contribution in [0.25, 0.3) is 0 Å². The van der Waals surface area contributed by atoms with Crippen molar-refractivity contribution in [3.63, 3.8) is 0 Å². The molecular weight excluding hydrogens is 805 g/mol. The summed E-state index contributed by atoms with van der Waals surface area (Å²) in [5.41, 5.74) is 0. The molecule has 0 aromatic rings. The van der Waals surface area contributed by atoms with E-state index in [1.807, 2.05) is 0 Å². The third-order valence-corrected chi connectivity index (χ3v) is 10.1. The highest BCUT2D eigenvalue weighted by molar-refractivity contribution is 5.71. The Bertz CT molecular complexity index is 1450. The molecule has 0 saturated heterocycles. The maximum Gasteiger partial charge on any atom is 0.306 e. The molecule has 0 aliphatic carbocycles. The maximum absolute atomic E-state index is 12.8. The van der Waals surface area contributed by atoms with Crippen LogP contribution in [0, 0.1) is 0 Å². The Hall–Kier alpha value is -4.45. The minimum absolute atomic E-state index is 0.128. The van der Waals surface area contributed by atoms with Gasteiger partial charge in [-0.3, -0.25) is 14.4 Å². The normalized spacial score (nSPS) is 13.2. The van der Waals surface area contributed by atoms with Crippen molar-refractivity contribution in [1.82, 2.24) is 0 Å². The zero-order valence-corrected chi connectivity index (χ0v) is 41.4. The quantitative estimate of drug-likeness (QED) is 0.0262. The minimum atomic E-state index is -0.838. The van der Waals surface area contributed by atoms with Crippen molar-refractivity contribution in [2.75, 3.05) is 13.2 Å². The van der Waals surface area contributed by atoms with E-state index in [4.69, 9.17) is 14.2 Å². The second kappa shape index (κ2) is 52.2. The van der Waals surface area contributed by atoms with Crippen LogP contribution in [0.15, 0.2) is 134 Å². The van der Waals surface area contributed by atoms with E-state index in [1.165, 1.54) is 38.5 Å². The number of allylic oxidation sites excluding steroid dienone is 22. The van der Waals surface area contributed by atoms with Crippen LogP contribution in [-0.2, 0) is 28.6 Å². The Balaban J connectivity index is 4.61. The lowest BCUT2D eigenvalue weighted by atomic mass is 10.1. The fourth-order valence-electron chi connectivity index (χ4n) is 6.33. The number of rotatable bonds is 44. The van der Waals surface area contributed by atoms with Gasteiger partial charge in [-0.2, -0.15) is 0 Å². The van der Waals surface area contributed by atoms with E-state index in [1.54, 1.807) is 0 Å². The molecule has 6 heteroatoms. The molecule has 0 spiro atoms. The Kier molecular flexibility index (Phi) is 48.6. The highest BCUT2D eigenvalue weighted by Gasteiger charge is 2.19. The molecule has 0 bridgehead atoms. The van der Waals surface area contributed by atoms with Crippen molar-refractivity contribution in [2.45, 2.75) is 207 Å². The van der Waals surface area contributed by atoms with Crippen molar-refractivity contribution < 1.29 is 28.6 Å². The third kappa shape index (κ3) is 50.4. The first kappa shape index (κ1) is 60.5. The topological polar surface area (TPSA) is 78.9 Å². The lowest BCUT2D eigenvalue weighted by Gasteiger charge is -2.18. The van der Waals surface area contributed by atoms with Crippen LogP contribution >= 0.6 is 0 Å². The van der Waals surface area contributed by atoms with Crippen LogP contribution in [0.3, 0.4) is 0 Å². The molecule has 1 atom stereocenters. The van der Waals surface area contributed by atoms with Crippen LogP contribution in [0.5, 0.6) is 0 Å². The van der Waals surface area contributed by atoms with Crippen LogP contribution in [0.4, 0.5) is 0 Å². The molecule has 364 valence electrons. The van der Waals surface area contributed by atoms with Crippen molar-refractivity contribution in [2.24, 2.45) is 0 Å². The van der Waals surface area contributed by atoms with Crippen molar-refractivity contribution >= 4 is 17.9 Å². The number of hydrogen-bond acceptors (Lipinski definition) is 6. The van der Waals surface area contributed by atoms with Gasteiger partial charge in [0.2, 0.25) is 0 Å². The second-order valence-corrected chi connectivity index (χ2v) is 16.3. The molecule has 0 unspecified atom stereocenters. The third-order valence-electron chi connectivity index (χ3n) is 10.1. The average molecular weight is 897 g/mol. The summed E-state index contributed by atoms with van der Waals surface area (Å²) in [6.07, 6.45) is 73.0. The van der Waals surface area contributed by atoms with Gasteiger partial charge < -0.3 is 14.2 Å². The second-order valence-electron chi connectivity index (χ2n) is 16.3. The fourth-order valence-corrected chi connectivity index (χ4v) is 6.33. The fraction of sp³-hybridized carbons (Fsp3) is 0.576. The highest BCUT2D eigenvalue weighted by atomic mass is 16.6. The van der Waals surface area contributed by atoms with Gasteiger partial charge in [-0.25, -0.2) is 0 Å². The maximum atomic E-state index is 12.8. The average Bonchev–Trinajstić information content (AvgIpc) is 3.30. The van der Waals surface area contributed by atoms with Gasteiger partial charge in [-0.1, -0.05) is 193 Å². The number of ether oxygens (including phenoxy) is 3. The van der Waals surface area contributed by atoms with Crippen molar-refractivity contribution in [3.05, 3.63) is 134 Å². The molecule has 0 aromatic carbocycles. The molecular formula is C59H92O6. The first-order valence-corrected chi connectivity index (χ1v) is 25.7. The molecule has 0 aliphatic heterocycles. The summed E-state index contributed by atoms with van der Waals surface area (Å²) in [5, 5.41) is 0. The Labute approximate surface area is 398 Å². The molecule has 0 saturated carbocycles. The minimum Gasteiger partial charge on any atom is -0.462 e. The Morgan fingerprint density at radius 3 is 1.02 bits per heavy atom. The molecule has 65 heavy (non-hydrogen) atoms. The van der Waals surface area contributed by atoms with E-state index in [0.717, 1.165) is 109 Å². The highest BCUT2D eigenvalue weighted by Crippen LogP contribution is 2.11. The van der Waals surface area contributed by atoms with Gasteiger partial charge in [0.25, 0.3) is 0 Å². The predicted octanol–water partition coefficient (Wildman–Crippen LogP) is 17.1. The molecule has 0 radical (unpaired) electrons. The van der Waals surface area contributed by atoms with Crippen LogP contribution < -0.4 is 0 Å². The van der Waals surface area contributed by atoms with Crippen LogP contribution in [-0.4, -0.2) is 37.2 Å². The van der Waals surface area contributed by atoms with E-state index >= 15 is 0 Å². The van der Waals surface area contributed by atoms with Gasteiger partial charge in [0.05, 0.1) is 0 Å². The monoisotopic (exact) mass is 897 g/mol. The van der Waals surface area contributed by atoms with Gasteiger partial charge in [-0.15, -0.1) is 0 Å². The lowest BCUT2D eigenvalue weighted by Crippen LogP contribution is -2.30. The van der Waals surface area contributed by atoms with Gasteiger partial charge in [0.15, 0.2) is 6.10 Å². The summed E-state index contributed by atoms with van der Waals surface area (Å²) in [5.74, 6) is -1.07. The summed E-state index contributed by atoms with van der Waals surface area (Å²) >= 11 is 0. The van der Waals surface area contributed by atoms with E-state index in [9.17, 15) is 14.4 Å². The molecule has 0 heterocycles. The molecule has 0 N–H and O–H groups in total. The summed E-state index contributed by atoms with van der Waals surface area (Å²) < 4.78 is 16.7. The lowest BCUT2D eigenvalue weighted by molar-refractivity contribution is -0.167. The number of hydrogen-bond donors (Lipinski definition) is 0. The zero-order chi connectivity index (χ0) is 47.2. The van der Waals surface area contributed by atoms with E-state index in [2.05, 4.69) is 154 Å². The number of carbonyl (C=O) groups excluding carboxylic acids is 3. The molecule has 0 fully saturated rings. The standard InChI is InChI=1S/C59H92O6/c1-4-7-10-13-16-19-22-25-27-29-31-34-37-40-43-46-49-52-58(61)64-55-56(54-63-57(60)51-48-45-42-39-36-33-24-21-18-15-12-9-6-3)65-59(62)53-50-47-44-41-38-35-32-30-28-26-23-20-17-14-11-8-5-2/h7-8,10-11,16-17,19-21,24-28,31-32,34-35,40-41,43-44,56H,4-6,9,12-15,18,22-23,29-30,33,36-39,42,45-55H2,1-3H3/b10-7+,11-8+,19-16+,20-17+,24-21+,27-25+,28-26+,34-31+,35-32+,43-40+,44-41+/t56-/m1/s1. The Morgan fingerprint density at radius 1 is 0.323 bits per heavy atom. The first-order valence-electron chi connectivity index (χ1n) is 25.7. The SMILES string of the molecule is CC/C=C/C/C=C/C/C=C/C/C=C/C/C=C/CCCC(=O)OC[C@@H](COC(=O)CCCCCCC/C=C/CCCCCC)OC(=O)CCC/C=C/C/C=C/C/C=C/C/C=C/C/C=C/CC. The van der Waals surface area contributed by atoms with Crippen molar-refractivity contribution in [3.8, 4) is 0 Å². The number of unbranched alkanes of at least 4 members (excludes halogenated alkanes) is 11. The molecule has 0 aromatic heterocycles.